The van der Waals surface area contributed by atoms with Gasteiger partial charge in [-0.05, 0) is 25.8 Å². The fourth-order valence-corrected chi connectivity index (χ4v) is 3.48. The highest BCUT2D eigenvalue weighted by molar-refractivity contribution is 6.33. The van der Waals surface area contributed by atoms with Gasteiger partial charge in [-0.1, -0.05) is 54.2 Å². The molecular weight excluding hydrogens is 354 g/mol. The number of carbonyl (C=O) groups is 2. The highest BCUT2D eigenvalue weighted by Crippen LogP contribution is 2.30. The van der Waals surface area contributed by atoms with E-state index in [-0.39, 0.29) is 18.5 Å². The Balaban J connectivity index is 1.66. The summed E-state index contributed by atoms with van der Waals surface area (Å²) in [6.07, 6.45) is 5.50. The Bertz CT molecular complexity index is 797. The van der Waals surface area contributed by atoms with Gasteiger partial charge in [0.25, 0.3) is 5.91 Å². The van der Waals surface area contributed by atoms with E-state index in [0.717, 1.165) is 25.7 Å². The second kappa shape index (κ2) is 8.36. The molecule has 26 heavy (non-hydrogen) atoms. The zero-order valence-electron chi connectivity index (χ0n) is 14.7. The smallest absolute Gasteiger partial charge is 0.257 e. The van der Waals surface area contributed by atoms with Crippen molar-refractivity contribution in [1.29, 1.82) is 0 Å². The molecule has 1 heterocycles. The molecule has 1 aromatic carbocycles. The Morgan fingerprint density at radius 3 is 2.69 bits per heavy atom. The van der Waals surface area contributed by atoms with Gasteiger partial charge in [-0.2, -0.15) is 0 Å². The van der Waals surface area contributed by atoms with E-state index < -0.39 is 5.91 Å². The summed E-state index contributed by atoms with van der Waals surface area (Å²) in [6, 6.07) is 7.31. The van der Waals surface area contributed by atoms with Crippen molar-refractivity contribution < 1.29 is 14.1 Å². The number of aryl methyl sites for hydroxylation is 1. The second-order valence-corrected chi connectivity index (χ2v) is 6.93. The average molecular weight is 376 g/mol. The fourth-order valence-electron chi connectivity index (χ4n) is 3.25. The fraction of sp³-hybridized carbons (Fsp3) is 0.421. The molecule has 0 radical (unpaired) electrons. The summed E-state index contributed by atoms with van der Waals surface area (Å²) >= 11 is 6.20. The first-order valence-electron chi connectivity index (χ1n) is 8.85. The van der Waals surface area contributed by atoms with Crippen LogP contribution < -0.4 is 10.6 Å². The first-order valence-corrected chi connectivity index (χ1v) is 9.23. The van der Waals surface area contributed by atoms with Gasteiger partial charge in [0, 0.05) is 11.6 Å². The van der Waals surface area contributed by atoms with Crippen molar-refractivity contribution in [2.24, 2.45) is 0 Å². The molecular formula is C19H22ClN3O3. The molecule has 0 spiro atoms. The normalized spacial score (nSPS) is 14.8. The maximum Gasteiger partial charge on any atom is 0.257 e. The Labute approximate surface area is 157 Å². The number of rotatable bonds is 5. The second-order valence-electron chi connectivity index (χ2n) is 6.53. The van der Waals surface area contributed by atoms with Gasteiger partial charge in [-0.15, -0.1) is 0 Å². The highest BCUT2D eigenvalue weighted by atomic mass is 35.5. The molecule has 3 rings (SSSR count). The predicted octanol–water partition coefficient (Wildman–Crippen LogP) is 3.48. The van der Waals surface area contributed by atoms with Gasteiger partial charge in [0.2, 0.25) is 5.91 Å². The molecule has 0 saturated heterocycles. The van der Waals surface area contributed by atoms with Crippen LogP contribution in [0, 0.1) is 6.92 Å². The number of amides is 2. The van der Waals surface area contributed by atoms with E-state index in [4.69, 9.17) is 16.1 Å². The van der Waals surface area contributed by atoms with Gasteiger partial charge in [0.15, 0.2) is 0 Å². The quantitative estimate of drug-likeness (QED) is 0.837. The lowest BCUT2D eigenvalue weighted by atomic mass is 9.95. The molecule has 6 nitrogen and oxygen atoms in total. The molecule has 0 aliphatic heterocycles. The van der Waals surface area contributed by atoms with Crippen LogP contribution in [0.25, 0.3) is 11.3 Å². The van der Waals surface area contributed by atoms with Gasteiger partial charge in [0.1, 0.15) is 17.0 Å². The lowest BCUT2D eigenvalue weighted by molar-refractivity contribution is -0.121. The summed E-state index contributed by atoms with van der Waals surface area (Å²) in [5.41, 5.74) is 1.28. The lowest BCUT2D eigenvalue weighted by Crippen LogP contribution is -2.42. The number of benzene rings is 1. The Hall–Kier alpha value is -2.34. The molecule has 0 unspecified atom stereocenters. The minimum atomic E-state index is -0.405. The zero-order chi connectivity index (χ0) is 18.5. The minimum Gasteiger partial charge on any atom is -0.360 e. The van der Waals surface area contributed by atoms with E-state index in [1.54, 1.807) is 25.1 Å². The summed E-state index contributed by atoms with van der Waals surface area (Å²) in [5, 5.41) is 10.1. The number of hydrogen-bond donors (Lipinski definition) is 2. The molecule has 2 N–H and O–H groups in total. The van der Waals surface area contributed by atoms with Crippen LogP contribution in [0.1, 0.15) is 48.2 Å². The van der Waals surface area contributed by atoms with Gasteiger partial charge >= 0.3 is 0 Å². The standard InChI is InChI=1S/C19H22ClN3O3/c1-12-17(18(23-26-12)14-9-5-6-10-15(14)20)19(25)21-11-16(24)22-13-7-3-2-4-8-13/h5-6,9-10,13H,2-4,7-8,11H2,1H3,(H,21,25)(H,22,24). The van der Waals surface area contributed by atoms with Gasteiger partial charge in [-0.25, -0.2) is 0 Å². The molecule has 2 aromatic rings. The van der Waals surface area contributed by atoms with E-state index in [9.17, 15) is 9.59 Å². The summed E-state index contributed by atoms with van der Waals surface area (Å²) in [6.45, 7) is 1.58. The van der Waals surface area contributed by atoms with Gasteiger partial charge < -0.3 is 15.2 Å². The molecule has 2 amide bonds. The van der Waals surface area contributed by atoms with Gasteiger partial charge in [0.05, 0.1) is 11.6 Å². The van der Waals surface area contributed by atoms with E-state index in [1.165, 1.54) is 6.42 Å². The topological polar surface area (TPSA) is 84.2 Å². The summed E-state index contributed by atoms with van der Waals surface area (Å²) in [5.74, 6) is -0.207. The van der Waals surface area contributed by atoms with E-state index in [0.29, 0.717) is 27.6 Å². The van der Waals surface area contributed by atoms with E-state index in [1.807, 2.05) is 6.07 Å². The van der Waals surface area contributed by atoms with Crippen molar-refractivity contribution in [3.05, 3.63) is 40.6 Å². The minimum absolute atomic E-state index is 0.0814. The monoisotopic (exact) mass is 375 g/mol. The number of nitrogens with zero attached hydrogens (tertiary/aromatic N) is 1. The molecule has 1 fully saturated rings. The highest BCUT2D eigenvalue weighted by Gasteiger charge is 2.23. The number of nitrogens with one attached hydrogen (secondary N) is 2. The summed E-state index contributed by atoms with van der Waals surface area (Å²) < 4.78 is 5.18. The Kier molecular flexibility index (Phi) is 5.93. The van der Waals surface area contributed by atoms with Crippen molar-refractivity contribution in [2.45, 2.75) is 45.1 Å². The Morgan fingerprint density at radius 2 is 1.96 bits per heavy atom. The molecule has 1 aromatic heterocycles. The van der Waals surface area contributed by atoms with Crippen molar-refractivity contribution in [1.82, 2.24) is 15.8 Å². The predicted molar refractivity (Wildman–Crippen MR) is 99.0 cm³/mol. The number of aromatic nitrogens is 1. The molecule has 1 saturated carbocycles. The van der Waals surface area contributed by atoms with Crippen LogP contribution in [0.15, 0.2) is 28.8 Å². The first kappa shape index (κ1) is 18.5. The average Bonchev–Trinajstić information content (AvgIpc) is 3.02. The molecule has 0 bridgehead atoms. The number of hydrogen-bond acceptors (Lipinski definition) is 4. The largest absolute Gasteiger partial charge is 0.360 e. The third kappa shape index (κ3) is 4.25. The number of carbonyl (C=O) groups excluding carboxylic acids is 2. The van der Waals surface area contributed by atoms with Crippen molar-refractivity contribution >= 4 is 23.4 Å². The molecule has 138 valence electrons. The van der Waals surface area contributed by atoms with Crippen molar-refractivity contribution in [3.8, 4) is 11.3 Å². The van der Waals surface area contributed by atoms with Crippen molar-refractivity contribution in [3.63, 3.8) is 0 Å². The molecule has 7 heteroatoms. The first-order chi connectivity index (χ1) is 12.6. The molecule has 1 aliphatic carbocycles. The lowest BCUT2D eigenvalue weighted by Gasteiger charge is -2.22. The maximum atomic E-state index is 12.6. The Morgan fingerprint density at radius 1 is 1.23 bits per heavy atom. The van der Waals surface area contributed by atoms with Crippen molar-refractivity contribution in [2.75, 3.05) is 6.54 Å². The van der Waals surface area contributed by atoms with Crippen LogP contribution in [0.4, 0.5) is 0 Å². The van der Waals surface area contributed by atoms with Crippen LogP contribution in [0.3, 0.4) is 0 Å². The zero-order valence-corrected chi connectivity index (χ0v) is 15.4. The van der Waals surface area contributed by atoms with Crippen LogP contribution in [0.2, 0.25) is 5.02 Å². The van der Waals surface area contributed by atoms with Crippen LogP contribution in [0.5, 0.6) is 0 Å². The summed E-state index contributed by atoms with van der Waals surface area (Å²) in [7, 11) is 0. The third-order valence-corrected chi connectivity index (χ3v) is 4.93. The van der Waals surface area contributed by atoms with Crippen LogP contribution in [-0.4, -0.2) is 29.6 Å². The van der Waals surface area contributed by atoms with Gasteiger partial charge in [-0.3, -0.25) is 9.59 Å². The van der Waals surface area contributed by atoms with Crippen LogP contribution in [-0.2, 0) is 4.79 Å². The summed E-state index contributed by atoms with van der Waals surface area (Å²) in [4.78, 5) is 24.7. The number of halogens is 1. The SMILES string of the molecule is Cc1onc(-c2ccccc2Cl)c1C(=O)NCC(=O)NC1CCCCC1. The molecule has 1 aliphatic rings. The maximum absolute atomic E-state index is 12.6. The van der Waals surface area contributed by atoms with Crippen LogP contribution >= 0.6 is 11.6 Å². The van der Waals surface area contributed by atoms with E-state index in [2.05, 4.69) is 15.8 Å². The molecule has 0 atom stereocenters. The van der Waals surface area contributed by atoms with E-state index >= 15 is 0 Å². The third-order valence-electron chi connectivity index (χ3n) is 4.60.